The summed E-state index contributed by atoms with van der Waals surface area (Å²) in [4.78, 5) is 27.4. The number of rotatable bonds is 6. The number of nitro benzene ring substituents is 1. The number of hydrogen-bond donors (Lipinski definition) is 0. The fourth-order valence-electron chi connectivity index (χ4n) is 3.95. The van der Waals surface area contributed by atoms with Crippen molar-refractivity contribution in [1.82, 2.24) is 19.9 Å². The molecule has 11 nitrogen and oxygen atoms in total. The number of aromatic nitrogens is 3. The predicted octanol–water partition coefficient (Wildman–Crippen LogP) is 3.12. The molecule has 12 heteroatoms. The van der Waals surface area contributed by atoms with Crippen LogP contribution in [0.15, 0.2) is 36.4 Å². The second-order valence-electron chi connectivity index (χ2n) is 7.62. The molecule has 1 fully saturated rings. The van der Waals surface area contributed by atoms with Crippen molar-refractivity contribution in [2.75, 3.05) is 45.3 Å². The van der Waals surface area contributed by atoms with Crippen molar-refractivity contribution >= 4 is 28.9 Å². The number of ether oxygens (including phenoxy) is 2. The number of benzene rings is 2. The van der Waals surface area contributed by atoms with Gasteiger partial charge in [-0.3, -0.25) is 14.9 Å². The third-order valence-electron chi connectivity index (χ3n) is 5.76. The first-order chi connectivity index (χ1) is 16.3. The Morgan fingerprint density at radius 1 is 1.09 bits per heavy atom. The Kier molecular flexibility index (Phi) is 6.55. The Morgan fingerprint density at radius 2 is 1.74 bits per heavy atom. The molecule has 0 atom stereocenters. The van der Waals surface area contributed by atoms with Crippen molar-refractivity contribution in [3.63, 3.8) is 0 Å². The number of nitro groups is 1. The number of piperazine rings is 1. The molecule has 34 heavy (non-hydrogen) atoms. The van der Waals surface area contributed by atoms with Gasteiger partial charge in [-0.15, -0.1) is 5.10 Å². The van der Waals surface area contributed by atoms with Crippen LogP contribution in [0.5, 0.6) is 11.5 Å². The van der Waals surface area contributed by atoms with Gasteiger partial charge in [0.2, 0.25) is 0 Å². The zero-order chi connectivity index (χ0) is 24.4. The van der Waals surface area contributed by atoms with E-state index in [1.165, 1.54) is 16.8 Å². The van der Waals surface area contributed by atoms with Crippen molar-refractivity contribution in [3.05, 3.63) is 62.9 Å². The van der Waals surface area contributed by atoms with Crippen LogP contribution in [-0.4, -0.2) is 71.1 Å². The lowest BCUT2D eigenvalue weighted by molar-refractivity contribution is -0.384. The van der Waals surface area contributed by atoms with E-state index in [1.807, 2.05) is 4.90 Å². The Hall–Kier alpha value is -3.86. The third kappa shape index (κ3) is 4.21. The van der Waals surface area contributed by atoms with E-state index in [1.54, 1.807) is 50.3 Å². The van der Waals surface area contributed by atoms with Crippen LogP contribution in [-0.2, 0) is 0 Å². The van der Waals surface area contributed by atoms with E-state index in [4.69, 9.17) is 21.1 Å². The van der Waals surface area contributed by atoms with Gasteiger partial charge in [0, 0.05) is 38.3 Å². The van der Waals surface area contributed by atoms with Gasteiger partial charge in [0.25, 0.3) is 11.6 Å². The molecule has 2 heterocycles. The van der Waals surface area contributed by atoms with Crippen molar-refractivity contribution < 1.29 is 19.2 Å². The van der Waals surface area contributed by atoms with Crippen LogP contribution < -0.4 is 14.4 Å². The van der Waals surface area contributed by atoms with Crippen LogP contribution in [0.2, 0.25) is 5.02 Å². The molecule has 4 rings (SSSR count). The molecular weight excluding hydrogens is 464 g/mol. The second-order valence-corrected chi connectivity index (χ2v) is 8.03. The lowest BCUT2D eigenvalue weighted by atomic mass is 10.2. The lowest BCUT2D eigenvalue weighted by Crippen LogP contribution is -2.49. The Morgan fingerprint density at radius 3 is 2.29 bits per heavy atom. The first-order valence-electron chi connectivity index (χ1n) is 10.5. The van der Waals surface area contributed by atoms with E-state index in [9.17, 15) is 14.9 Å². The molecule has 1 saturated heterocycles. The van der Waals surface area contributed by atoms with E-state index in [2.05, 4.69) is 10.3 Å². The van der Waals surface area contributed by atoms with Gasteiger partial charge in [0.1, 0.15) is 11.5 Å². The number of nitrogens with zero attached hydrogens (tertiary/aromatic N) is 6. The maximum atomic E-state index is 13.2. The van der Waals surface area contributed by atoms with E-state index >= 15 is 0 Å². The minimum Gasteiger partial charge on any atom is -0.494 e. The fourth-order valence-corrected chi connectivity index (χ4v) is 4.24. The number of carbonyl (C=O) groups excluding carboxylic acids is 1. The Labute approximate surface area is 200 Å². The molecule has 1 aliphatic rings. The summed E-state index contributed by atoms with van der Waals surface area (Å²) in [6, 6.07) is 9.76. The molecular formula is C22H23ClN6O5. The maximum Gasteiger partial charge on any atom is 0.276 e. The average Bonchev–Trinajstić information content (AvgIpc) is 3.23. The van der Waals surface area contributed by atoms with Crippen molar-refractivity contribution in [3.8, 4) is 17.2 Å². The van der Waals surface area contributed by atoms with Gasteiger partial charge in [0.05, 0.1) is 35.5 Å². The molecule has 2 aromatic carbocycles. The number of para-hydroxylation sites is 1. The molecule has 3 aromatic rings. The second kappa shape index (κ2) is 9.56. The molecule has 0 N–H and O–H groups in total. The molecule has 0 aliphatic carbocycles. The Bertz CT molecular complexity index is 1220. The fraction of sp³-hybridized carbons (Fsp3) is 0.318. The van der Waals surface area contributed by atoms with E-state index in [-0.39, 0.29) is 17.3 Å². The first-order valence-corrected chi connectivity index (χ1v) is 10.8. The number of halogens is 1. The summed E-state index contributed by atoms with van der Waals surface area (Å²) in [5.74, 6) is 0.854. The topological polar surface area (TPSA) is 116 Å². The van der Waals surface area contributed by atoms with Gasteiger partial charge in [-0.1, -0.05) is 22.9 Å². The average molecular weight is 487 g/mol. The smallest absolute Gasteiger partial charge is 0.276 e. The highest BCUT2D eigenvalue weighted by molar-refractivity contribution is 6.33. The molecule has 0 bridgehead atoms. The van der Waals surface area contributed by atoms with Gasteiger partial charge >= 0.3 is 0 Å². The van der Waals surface area contributed by atoms with E-state index in [0.29, 0.717) is 59.8 Å². The molecule has 1 aliphatic heterocycles. The molecule has 178 valence electrons. The highest BCUT2D eigenvalue weighted by Crippen LogP contribution is 2.33. The van der Waals surface area contributed by atoms with Crippen molar-refractivity contribution in [1.29, 1.82) is 0 Å². The van der Waals surface area contributed by atoms with Crippen LogP contribution in [0, 0.1) is 17.0 Å². The lowest BCUT2D eigenvalue weighted by Gasteiger charge is -2.36. The third-order valence-corrected chi connectivity index (χ3v) is 6.06. The van der Waals surface area contributed by atoms with Crippen LogP contribution in [0.4, 0.5) is 11.4 Å². The molecule has 0 spiro atoms. The summed E-state index contributed by atoms with van der Waals surface area (Å²) in [6.45, 7) is 3.70. The normalized spacial score (nSPS) is 13.6. The van der Waals surface area contributed by atoms with Crippen LogP contribution in [0.3, 0.4) is 0 Å². The summed E-state index contributed by atoms with van der Waals surface area (Å²) in [7, 11) is 3.10. The van der Waals surface area contributed by atoms with Crippen LogP contribution in [0.25, 0.3) is 5.69 Å². The summed E-state index contributed by atoms with van der Waals surface area (Å²) in [5.41, 5.74) is 2.01. The largest absolute Gasteiger partial charge is 0.494 e. The van der Waals surface area contributed by atoms with Gasteiger partial charge in [-0.05, 0) is 25.1 Å². The maximum absolute atomic E-state index is 13.2. The van der Waals surface area contributed by atoms with Crippen LogP contribution >= 0.6 is 11.6 Å². The van der Waals surface area contributed by atoms with Crippen LogP contribution in [0.1, 0.15) is 16.2 Å². The van der Waals surface area contributed by atoms with Gasteiger partial charge < -0.3 is 19.3 Å². The summed E-state index contributed by atoms with van der Waals surface area (Å²) in [6.07, 6.45) is 0. The molecule has 1 amide bonds. The number of non-ortho nitro benzene ring substituents is 1. The minimum absolute atomic E-state index is 0.0622. The van der Waals surface area contributed by atoms with Gasteiger partial charge in [0.15, 0.2) is 11.4 Å². The number of amides is 1. The monoisotopic (exact) mass is 486 g/mol. The number of hydrogen-bond acceptors (Lipinski definition) is 8. The summed E-state index contributed by atoms with van der Waals surface area (Å²) in [5, 5.41) is 19.6. The van der Waals surface area contributed by atoms with E-state index in [0.717, 1.165) is 0 Å². The van der Waals surface area contributed by atoms with E-state index < -0.39 is 4.92 Å². The molecule has 0 unspecified atom stereocenters. The zero-order valence-electron chi connectivity index (χ0n) is 18.9. The highest BCUT2D eigenvalue weighted by atomic mass is 35.5. The number of methoxy groups -OCH3 is 2. The van der Waals surface area contributed by atoms with Gasteiger partial charge in [-0.2, -0.15) is 0 Å². The first kappa shape index (κ1) is 23.3. The Balaban J connectivity index is 1.51. The summed E-state index contributed by atoms with van der Waals surface area (Å²) < 4.78 is 12.4. The van der Waals surface area contributed by atoms with Crippen molar-refractivity contribution in [2.24, 2.45) is 0 Å². The highest BCUT2D eigenvalue weighted by Gasteiger charge is 2.28. The quantitative estimate of drug-likeness (QED) is 0.385. The van der Waals surface area contributed by atoms with Crippen molar-refractivity contribution in [2.45, 2.75) is 6.92 Å². The predicted molar refractivity (Wildman–Crippen MR) is 125 cm³/mol. The zero-order valence-corrected chi connectivity index (χ0v) is 19.7. The summed E-state index contributed by atoms with van der Waals surface area (Å²) >= 11 is 6.26. The molecule has 1 aromatic heterocycles. The number of anilines is 1. The molecule has 0 saturated carbocycles. The SMILES string of the molecule is COc1cccc(OC)c1-n1nnc(C(=O)N2CCN(c3ccc([N+](=O)[O-])cc3Cl)CC2)c1C. The molecule has 0 radical (unpaired) electrons. The van der Waals surface area contributed by atoms with Gasteiger partial charge in [-0.25, -0.2) is 4.68 Å². The standard InChI is InChI=1S/C22H23ClN6O5/c1-14-20(24-25-28(14)21-18(33-2)5-4-6-19(21)34-3)22(30)27-11-9-26(10-12-27)17-8-7-15(29(31)32)13-16(17)23/h4-8,13H,9-12H2,1-3H3. The number of carbonyl (C=O) groups is 1. The minimum atomic E-state index is -0.484.